The molecule has 0 fully saturated rings. The molecule has 244 valence electrons. The van der Waals surface area contributed by atoms with Crippen LogP contribution in [0.1, 0.15) is 0 Å². The van der Waals surface area contributed by atoms with Gasteiger partial charge in [0, 0.05) is 32.8 Å². The highest BCUT2D eigenvalue weighted by molar-refractivity contribution is 6.17. The smallest absolute Gasteiger partial charge is 0.228 e. The fourth-order valence-corrected chi connectivity index (χ4v) is 7.68. The minimum atomic E-state index is 0.562. The highest BCUT2D eigenvalue weighted by atomic mass is 16.4. The van der Waals surface area contributed by atoms with Crippen LogP contribution in [0.25, 0.3) is 88.3 Å². The zero-order valence-corrected chi connectivity index (χ0v) is 27.8. The van der Waals surface area contributed by atoms with E-state index in [9.17, 15) is 0 Å². The van der Waals surface area contributed by atoms with Crippen molar-refractivity contribution >= 4 is 82.8 Å². The summed E-state index contributed by atoms with van der Waals surface area (Å²) in [6, 6.07) is 58.6. The molecule has 0 spiro atoms. The van der Waals surface area contributed by atoms with E-state index in [2.05, 4.69) is 126 Å². The molecule has 8 aromatic carbocycles. The lowest BCUT2D eigenvalue weighted by Gasteiger charge is -2.26. The SMILES string of the molecule is c1cc(-c2ccc3ccccc3c2)cc(N(c2cccc3c2oc2ccccc23)c2cccc3c2oc2cccc(-c4nc5ccccc5o4)c23)c1. The molecule has 0 saturated carbocycles. The van der Waals surface area contributed by atoms with Gasteiger partial charge in [-0.05, 0) is 82.6 Å². The minimum Gasteiger partial charge on any atom is -0.454 e. The first-order valence-corrected chi connectivity index (χ1v) is 17.4. The predicted octanol–water partition coefficient (Wildman–Crippen LogP) is 13.6. The summed E-state index contributed by atoms with van der Waals surface area (Å²) in [5, 5.41) is 6.48. The van der Waals surface area contributed by atoms with Gasteiger partial charge < -0.3 is 18.2 Å². The van der Waals surface area contributed by atoms with Gasteiger partial charge in [-0.2, -0.15) is 0 Å². The van der Waals surface area contributed by atoms with E-state index >= 15 is 0 Å². The molecule has 3 aromatic heterocycles. The number of hydrogen-bond acceptors (Lipinski definition) is 5. The molecule has 3 heterocycles. The maximum atomic E-state index is 6.84. The zero-order chi connectivity index (χ0) is 34.2. The molecule has 0 radical (unpaired) electrons. The predicted molar refractivity (Wildman–Crippen MR) is 212 cm³/mol. The maximum absolute atomic E-state index is 6.84. The summed E-state index contributed by atoms with van der Waals surface area (Å²) in [4.78, 5) is 7.12. The molecule has 0 saturated heterocycles. The first-order valence-electron chi connectivity index (χ1n) is 17.4. The maximum Gasteiger partial charge on any atom is 0.228 e. The second kappa shape index (κ2) is 11.2. The molecule has 0 bridgehead atoms. The molecule has 5 nitrogen and oxygen atoms in total. The number of para-hydroxylation sites is 5. The first kappa shape index (κ1) is 28.7. The molecular formula is C47H28N2O3. The third-order valence-electron chi connectivity index (χ3n) is 10.1. The summed E-state index contributed by atoms with van der Waals surface area (Å²) in [6.45, 7) is 0. The number of fused-ring (bicyclic) bond motifs is 8. The van der Waals surface area contributed by atoms with Crippen LogP contribution in [-0.2, 0) is 0 Å². The Morgan fingerprint density at radius 2 is 1.08 bits per heavy atom. The van der Waals surface area contributed by atoms with E-state index in [1.807, 2.05) is 48.5 Å². The van der Waals surface area contributed by atoms with Crippen molar-refractivity contribution in [2.75, 3.05) is 4.90 Å². The van der Waals surface area contributed by atoms with Crippen LogP contribution in [0.15, 0.2) is 183 Å². The van der Waals surface area contributed by atoms with Crippen LogP contribution in [0.3, 0.4) is 0 Å². The van der Waals surface area contributed by atoms with Crippen molar-refractivity contribution in [3.05, 3.63) is 170 Å². The molecule has 0 atom stereocenters. The summed E-state index contributed by atoms with van der Waals surface area (Å²) in [5.41, 5.74) is 10.7. The van der Waals surface area contributed by atoms with Crippen LogP contribution in [0.2, 0.25) is 0 Å². The van der Waals surface area contributed by atoms with Crippen molar-refractivity contribution < 1.29 is 13.3 Å². The third-order valence-corrected chi connectivity index (χ3v) is 10.1. The number of anilines is 3. The molecule has 0 aliphatic rings. The van der Waals surface area contributed by atoms with Crippen LogP contribution in [0.5, 0.6) is 0 Å². The summed E-state index contributed by atoms with van der Waals surface area (Å²) < 4.78 is 19.8. The van der Waals surface area contributed by atoms with Crippen LogP contribution < -0.4 is 4.90 Å². The third kappa shape index (κ3) is 4.39. The Labute approximate surface area is 297 Å². The van der Waals surface area contributed by atoms with Gasteiger partial charge in [0.05, 0.1) is 11.4 Å². The highest BCUT2D eigenvalue weighted by Crippen LogP contribution is 2.47. The Morgan fingerprint density at radius 1 is 0.423 bits per heavy atom. The Kier molecular flexibility index (Phi) is 6.18. The van der Waals surface area contributed by atoms with E-state index in [1.54, 1.807) is 0 Å². The number of rotatable bonds is 5. The van der Waals surface area contributed by atoms with Crippen LogP contribution in [0.4, 0.5) is 17.1 Å². The zero-order valence-electron chi connectivity index (χ0n) is 27.8. The second-order valence-corrected chi connectivity index (χ2v) is 13.1. The van der Waals surface area contributed by atoms with E-state index in [0.717, 1.165) is 88.7 Å². The summed E-state index contributed by atoms with van der Waals surface area (Å²) in [7, 11) is 0. The van der Waals surface area contributed by atoms with Gasteiger partial charge in [-0.15, -0.1) is 0 Å². The Morgan fingerprint density at radius 3 is 1.96 bits per heavy atom. The summed E-state index contributed by atoms with van der Waals surface area (Å²) in [6.07, 6.45) is 0. The lowest BCUT2D eigenvalue weighted by atomic mass is 10.00. The topological polar surface area (TPSA) is 55.6 Å². The van der Waals surface area contributed by atoms with Crippen molar-refractivity contribution in [3.8, 4) is 22.6 Å². The molecule has 52 heavy (non-hydrogen) atoms. The molecule has 5 heteroatoms. The molecule has 0 amide bonds. The highest BCUT2D eigenvalue weighted by Gasteiger charge is 2.25. The fourth-order valence-electron chi connectivity index (χ4n) is 7.68. The number of furan rings is 2. The first-order chi connectivity index (χ1) is 25.8. The van der Waals surface area contributed by atoms with Crippen molar-refractivity contribution in [1.29, 1.82) is 0 Å². The van der Waals surface area contributed by atoms with E-state index in [4.69, 9.17) is 18.2 Å². The van der Waals surface area contributed by atoms with Gasteiger partial charge in [-0.3, -0.25) is 0 Å². The van der Waals surface area contributed by atoms with Crippen molar-refractivity contribution in [1.82, 2.24) is 4.98 Å². The number of oxazole rings is 1. The van der Waals surface area contributed by atoms with Gasteiger partial charge in [-0.1, -0.05) is 109 Å². The molecule has 0 aliphatic carbocycles. The average Bonchev–Trinajstić information content (AvgIpc) is 3.92. The van der Waals surface area contributed by atoms with E-state index in [1.165, 1.54) is 10.8 Å². The van der Waals surface area contributed by atoms with Crippen molar-refractivity contribution in [2.45, 2.75) is 0 Å². The lowest BCUT2D eigenvalue weighted by molar-refractivity contribution is 0.620. The molecule has 11 rings (SSSR count). The van der Waals surface area contributed by atoms with E-state index in [0.29, 0.717) is 5.89 Å². The van der Waals surface area contributed by atoms with Gasteiger partial charge in [-0.25, -0.2) is 4.98 Å². The quantitative estimate of drug-likeness (QED) is 0.183. The molecule has 0 unspecified atom stereocenters. The van der Waals surface area contributed by atoms with Crippen LogP contribution in [-0.4, -0.2) is 4.98 Å². The summed E-state index contributed by atoms with van der Waals surface area (Å²) >= 11 is 0. The van der Waals surface area contributed by atoms with Gasteiger partial charge in [0.15, 0.2) is 16.7 Å². The van der Waals surface area contributed by atoms with Gasteiger partial charge in [0.25, 0.3) is 0 Å². The van der Waals surface area contributed by atoms with Crippen molar-refractivity contribution in [2.24, 2.45) is 0 Å². The average molecular weight is 669 g/mol. The summed E-state index contributed by atoms with van der Waals surface area (Å²) in [5.74, 6) is 0.562. The Bertz CT molecular complexity index is 3130. The number of hydrogen-bond donors (Lipinski definition) is 0. The molecule has 0 N–H and O–H groups in total. The fraction of sp³-hybridized carbons (Fsp3) is 0. The Hall–Kier alpha value is -7.11. The number of nitrogens with zero attached hydrogens (tertiary/aromatic N) is 2. The van der Waals surface area contributed by atoms with Gasteiger partial charge >= 0.3 is 0 Å². The minimum absolute atomic E-state index is 0.562. The van der Waals surface area contributed by atoms with E-state index < -0.39 is 0 Å². The molecular weight excluding hydrogens is 641 g/mol. The molecule has 0 aliphatic heterocycles. The largest absolute Gasteiger partial charge is 0.454 e. The second-order valence-electron chi connectivity index (χ2n) is 13.1. The number of benzene rings is 8. The van der Waals surface area contributed by atoms with Crippen molar-refractivity contribution in [3.63, 3.8) is 0 Å². The normalized spacial score (nSPS) is 11.8. The van der Waals surface area contributed by atoms with Gasteiger partial charge in [0.1, 0.15) is 16.7 Å². The molecule has 11 aromatic rings. The standard InChI is InChI=1S/C47H28N2O3/c1-2-12-30-27-32(26-25-29(30)11-1)31-13-7-14-33(28-31)49(39-20-8-16-35-34-15-3-5-22-41(34)50-45(35)39)40-21-9-17-36-44-37(18-10-24-43(44)51-46(36)40)47-48-38-19-4-6-23-42(38)52-47/h1-28H. The monoisotopic (exact) mass is 668 g/mol. The lowest BCUT2D eigenvalue weighted by Crippen LogP contribution is -2.10. The number of aromatic nitrogens is 1. The van der Waals surface area contributed by atoms with Crippen LogP contribution >= 0.6 is 0 Å². The van der Waals surface area contributed by atoms with E-state index in [-0.39, 0.29) is 0 Å². The van der Waals surface area contributed by atoms with Gasteiger partial charge in [0.2, 0.25) is 5.89 Å². The van der Waals surface area contributed by atoms with Crippen LogP contribution in [0, 0.1) is 0 Å². The Balaban J connectivity index is 1.17.